The van der Waals surface area contributed by atoms with Gasteiger partial charge in [-0.3, -0.25) is 0 Å². The third-order valence-corrected chi connectivity index (χ3v) is 35.6. The van der Waals surface area contributed by atoms with E-state index in [0.29, 0.717) is 10.4 Å². The van der Waals surface area contributed by atoms with Crippen LogP contribution in [0.15, 0.2) is 12.3 Å². The lowest BCUT2D eigenvalue weighted by atomic mass is 9.88. The highest BCUT2D eigenvalue weighted by Crippen LogP contribution is 2.59. The zero-order valence-corrected chi connectivity index (χ0v) is 37.1. The van der Waals surface area contributed by atoms with Gasteiger partial charge in [-0.15, -0.1) is 6.58 Å². The van der Waals surface area contributed by atoms with Gasteiger partial charge >= 0.3 is 0 Å². The fourth-order valence-corrected chi connectivity index (χ4v) is 24.8. The van der Waals surface area contributed by atoms with Crippen molar-refractivity contribution in [1.29, 1.82) is 0 Å². The summed E-state index contributed by atoms with van der Waals surface area (Å²) in [5, 5.41) is -0.297. The molecule has 0 bridgehead atoms. The average molecular weight is 661 g/mol. The van der Waals surface area contributed by atoms with E-state index in [4.69, 9.17) is 13.3 Å². The van der Waals surface area contributed by atoms with E-state index in [1.807, 2.05) is 0 Å². The van der Waals surface area contributed by atoms with E-state index >= 15 is 0 Å². The standard InChI is InChI=1S/C33H76O3Si5/c1-23-28(38(14,15)16)34-40(20,21)29(6,7)32(11,25-3)36-41(22,27-5)30(8,9)31(10,24-2)35-37(13)33(12,26-4)39(17,18)19/h27-28,37H,5,23-26H2,1-4,6-22H3/t28?,31?,32?,33-,37?,41?/m0/s1. The van der Waals surface area contributed by atoms with Crippen LogP contribution in [-0.2, 0) is 13.3 Å². The second kappa shape index (κ2) is 13.6. The van der Waals surface area contributed by atoms with Gasteiger partial charge in [0.25, 0.3) is 0 Å². The van der Waals surface area contributed by atoms with Gasteiger partial charge in [0, 0.05) is 23.9 Å². The second-order valence-corrected chi connectivity index (χ2v) is 40.5. The van der Waals surface area contributed by atoms with E-state index in [-0.39, 0.29) is 21.3 Å². The van der Waals surface area contributed by atoms with Gasteiger partial charge in [0.1, 0.15) is 0 Å². The lowest BCUT2D eigenvalue weighted by molar-refractivity contribution is -0.0102. The van der Waals surface area contributed by atoms with Gasteiger partial charge in [-0.2, -0.15) is 0 Å². The first-order valence-corrected chi connectivity index (χ1v) is 31.4. The zero-order chi connectivity index (χ0) is 33.3. The maximum atomic E-state index is 7.68. The molecule has 0 N–H and O–H groups in total. The molecule has 0 aliphatic heterocycles. The first-order valence-electron chi connectivity index (χ1n) is 16.7. The van der Waals surface area contributed by atoms with Crippen molar-refractivity contribution in [3.8, 4) is 0 Å². The van der Waals surface area contributed by atoms with Crippen molar-refractivity contribution < 1.29 is 13.3 Å². The van der Waals surface area contributed by atoms with E-state index < -0.39 is 41.8 Å². The molecule has 5 unspecified atom stereocenters. The number of rotatable bonds is 18. The molecule has 0 aliphatic rings. The highest BCUT2D eigenvalue weighted by Gasteiger charge is 2.62. The molecular weight excluding hydrogens is 585 g/mol. The minimum atomic E-state index is -2.57. The highest BCUT2D eigenvalue weighted by molar-refractivity contribution is 6.90. The Morgan fingerprint density at radius 1 is 0.707 bits per heavy atom. The molecule has 0 saturated heterocycles. The molecule has 0 saturated carbocycles. The lowest BCUT2D eigenvalue weighted by Crippen LogP contribution is -2.65. The van der Waals surface area contributed by atoms with E-state index in [1.165, 1.54) is 6.42 Å². The fourth-order valence-electron chi connectivity index (χ4n) is 6.69. The molecule has 0 spiro atoms. The van der Waals surface area contributed by atoms with Crippen LogP contribution in [0.1, 0.15) is 102 Å². The Morgan fingerprint density at radius 3 is 1.44 bits per heavy atom. The summed E-state index contributed by atoms with van der Waals surface area (Å²) in [4.78, 5) is 0. The van der Waals surface area contributed by atoms with Crippen LogP contribution in [0.3, 0.4) is 0 Å². The van der Waals surface area contributed by atoms with Gasteiger partial charge in [0.05, 0.1) is 19.3 Å². The van der Waals surface area contributed by atoms with E-state index in [2.05, 4.69) is 154 Å². The summed E-state index contributed by atoms with van der Waals surface area (Å²) in [7, 11) is -9.21. The van der Waals surface area contributed by atoms with Crippen LogP contribution in [0.2, 0.25) is 80.2 Å². The smallest absolute Gasteiger partial charge is 0.222 e. The Labute approximate surface area is 265 Å². The third-order valence-electron chi connectivity index (χ3n) is 13.1. The van der Waals surface area contributed by atoms with Crippen molar-refractivity contribution in [2.45, 2.75) is 199 Å². The van der Waals surface area contributed by atoms with Gasteiger partial charge < -0.3 is 13.3 Å². The largest absolute Gasteiger partial charge is 0.417 e. The molecule has 41 heavy (non-hydrogen) atoms. The third kappa shape index (κ3) is 7.93. The summed E-state index contributed by atoms with van der Waals surface area (Å²) >= 11 is 0. The van der Waals surface area contributed by atoms with Crippen LogP contribution in [0.4, 0.5) is 0 Å². The highest BCUT2D eigenvalue weighted by atomic mass is 28.4. The number of hydrogen-bond donors (Lipinski definition) is 0. The molecule has 246 valence electrons. The predicted octanol–water partition coefficient (Wildman–Crippen LogP) is 11.5. The molecule has 6 atom stereocenters. The Bertz CT molecular complexity index is 862. The maximum absolute atomic E-state index is 7.68. The van der Waals surface area contributed by atoms with Crippen LogP contribution >= 0.6 is 0 Å². The molecular formula is C33H76O3Si5. The molecule has 8 heteroatoms. The minimum absolute atomic E-state index is 0.112. The van der Waals surface area contributed by atoms with Gasteiger partial charge in [0.15, 0.2) is 17.4 Å². The Hall–Kier alpha value is 0.704. The van der Waals surface area contributed by atoms with Crippen molar-refractivity contribution in [1.82, 2.24) is 0 Å². The molecule has 0 aromatic carbocycles. The first-order chi connectivity index (χ1) is 18.0. The van der Waals surface area contributed by atoms with Gasteiger partial charge in [-0.25, -0.2) is 0 Å². The molecule has 0 rings (SSSR count). The topological polar surface area (TPSA) is 27.7 Å². The van der Waals surface area contributed by atoms with Crippen molar-refractivity contribution >= 4 is 41.8 Å². The fraction of sp³-hybridized carbons (Fsp3) is 0.939. The SMILES string of the molecule is C=C[Si](C)(OC(C)(CC)C(C)(C)[Si](C)(C)OC(CC)[Si](C)(C)C)C(C)(C)C(C)(CC)O[SiH](C)[C@](C)(CC)[Si](C)(C)C. The molecule has 0 fully saturated rings. The Kier molecular flexibility index (Phi) is 13.8. The molecule has 0 heterocycles. The van der Waals surface area contributed by atoms with Crippen molar-refractivity contribution in [2.75, 3.05) is 0 Å². The van der Waals surface area contributed by atoms with Crippen molar-refractivity contribution in [2.24, 2.45) is 0 Å². The average Bonchev–Trinajstić information content (AvgIpc) is 2.84. The molecule has 0 aromatic heterocycles. The molecule has 3 nitrogen and oxygen atoms in total. The minimum Gasteiger partial charge on any atom is -0.417 e. The first kappa shape index (κ1) is 41.7. The van der Waals surface area contributed by atoms with Crippen molar-refractivity contribution in [3.63, 3.8) is 0 Å². The summed E-state index contributed by atoms with van der Waals surface area (Å²) in [6.07, 6.45) is 4.18. The Balaban J connectivity index is 6.79. The van der Waals surface area contributed by atoms with Gasteiger partial charge in [0.2, 0.25) is 8.32 Å². The Morgan fingerprint density at radius 2 is 1.15 bits per heavy atom. The molecule has 0 radical (unpaired) electrons. The maximum Gasteiger partial charge on any atom is 0.222 e. The predicted molar refractivity (Wildman–Crippen MR) is 200 cm³/mol. The van der Waals surface area contributed by atoms with Crippen LogP contribution in [0.5, 0.6) is 0 Å². The van der Waals surface area contributed by atoms with E-state index in [0.717, 1.165) is 19.3 Å². The summed E-state index contributed by atoms with van der Waals surface area (Å²) in [5.74, 6) is 0. The van der Waals surface area contributed by atoms with Crippen LogP contribution < -0.4 is 0 Å². The molecule has 0 amide bonds. The zero-order valence-electron chi connectivity index (χ0n) is 32.0. The second-order valence-electron chi connectivity index (χ2n) is 17.5. The van der Waals surface area contributed by atoms with E-state index in [1.54, 1.807) is 0 Å². The van der Waals surface area contributed by atoms with Gasteiger partial charge in [-0.1, -0.05) is 114 Å². The summed E-state index contributed by atoms with van der Waals surface area (Å²) in [6.45, 7) is 55.4. The quantitative estimate of drug-likeness (QED) is 0.137. The summed E-state index contributed by atoms with van der Waals surface area (Å²) in [5.41, 5.74) is 1.94. The van der Waals surface area contributed by atoms with Crippen molar-refractivity contribution in [3.05, 3.63) is 12.3 Å². The van der Waals surface area contributed by atoms with Crippen LogP contribution in [0.25, 0.3) is 0 Å². The molecule has 0 aliphatic carbocycles. The van der Waals surface area contributed by atoms with E-state index in [9.17, 15) is 0 Å². The summed E-state index contributed by atoms with van der Waals surface area (Å²) in [6, 6.07) is 0. The number of hydrogen-bond acceptors (Lipinski definition) is 3. The molecule has 0 aromatic rings. The normalized spacial score (nSPS) is 21.7. The van der Waals surface area contributed by atoms with Gasteiger partial charge in [-0.05, 0) is 64.0 Å². The van der Waals surface area contributed by atoms with Crippen LogP contribution in [-0.4, -0.2) is 58.8 Å². The summed E-state index contributed by atoms with van der Waals surface area (Å²) < 4.78 is 22.7. The lowest BCUT2D eigenvalue weighted by Gasteiger charge is -2.60. The monoisotopic (exact) mass is 660 g/mol. The van der Waals surface area contributed by atoms with Crippen LogP contribution in [0, 0.1) is 0 Å².